The van der Waals surface area contributed by atoms with Crippen LogP contribution in [0.15, 0.2) is 113 Å². The minimum atomic E-state index is -4.79. The maximum Gasteiger partial charge on any atom is 0.573 e. The van der Waals surface area contributed by atoms with Crippen molar-refractivity contribution >= 4 is 51.4 Å². The minimum absolute atomic E-state index is 0.0265. The monoisotopic (exact) mass is 854 g/mol. The maximum absolute atomic E-state index is 14.1. The molecule has 60 heavy (non-hydrogen) atoms. The molecule has 10 nitrogen and oxygen atoms in total. The number of amidine groups is 2. The van der Waals surface area contributed by atoms with Crippen LogP contribution < -0.4 is 9.64 Å². The van der Waals surface area contributed by atoms with Crippen LogP contribution in [0.3, 0.4) is 0 Å². The molecule has 1 aliphatic carbocycles. The number of amides is 1. The van der Waals surface area contributed by atoms with Gasteiger partial charge in [0.05, 0.1) is 11.4 Å². The number of rotatable bonds is 13. The Labute approximate surface area is 355 Å². The second-order valence-electron chi connectivity index (χ2n) is 15.5. The smallest absolute Gasteiger partial charge is 0.459 e. The number of nitrogens with zero attached hydrogens (tertiary/aromatic N) is 6. The molecule has 4 aromatic carbocycles. The summed E-state index contributed by atoms with van der Waals surface area (Å²) in [4.78, 5) is 44.5. The van der Waals surface area contributed by atoms with E-state index in [-0.39, 0.29) is 30.6 Å². The van der Waals surface area contributed by atoms with Crippen LogP contribution in [0.4, 0.5) is 18.9 Å². The first-order valence-corrected chi connectivity index (χ1v) is 21.5. The highest BCUT2D eigenvalue weighted by molar-refractivity contribution is 8.17. The first-order valence-electron chi connectivity index (χ1n) is 19.7. The minimum Gasteiger partial charge on any atom is -0.459 e. The number of aryl methyl sites for hydroxylation is 1. The Hall–Kier alpha value is -5.41. The average molecular weight is 855 g/mol. The summed E-state index contributed by atoms with van der Waals surface area (Å²) in [5.41, 5.74) is 5.75. The SMILES string of the molecule is Cc1ccc(C(C)C)c(N2C(=O)C3(CC3)S/C2=N\C(=NC(Cc2ccc(-c3ncn(-c4ccc(OC(F)(F)F)cc4)n3)cc2)C(=O)OCc2ccccc2)SCC(C)C)c1. The number of carbonyl (C=O) groups excluding carboxylic acids is 2. The largest absolute Gasteiger partial charge is 0.573 e. The molecule has 1 spiro atoms. The van der Waals surface area contributed by atoms with Crippen molar-refractivity contribution in [3.63, 3.8) is 0 Å². The van der Waals surface area contributed by atoms with Gasteiger partial charge in [-0.2, -0.15) is 4.99 Å². The second-order valence-corrected chi connectivity index (χ2v) is 17.9. The van der Waals surface area contributed by atoms with Gasteiger partial charge >= 0.3 is 12.3 Å². The van der Waals surface area contributed by atoms with Gasteiger partial charge in [-0.25, -0.2) is 19.5 Å². The van der Waals surface area contributed by atoms with Gasteiger partial charge in [0.15, 0.2) is 22.2 Å². The number of alkyl halides is 3. The third-order valence-electron chi connectivity index (χ3n) is 9.79. The lowest BCUT2D eigenvalue weighted by atomic mass is 9.98. The highest BCUT2D eigenvalue weighted by Gasteiger charge is 2.60. The number of thioether (sulfide) groups is 2. The molecule has 0 N–H and O–H groups in total. The van der Waals surface area contributed by atoms with E-state index in [2.05, 4.69) is 54.6 Å². The molecule has 1 amide bonds. The van der Waals surface area contributed by atoms with E-state index in [1.165, 1.54) is 58.8 Å². The van der Waals surface area contributed by atoms with E-state index in [1.54, 1.807) is 4.90 Å². The van der Waals surface area contributed by atoms with Gasteiger partial charge in [-0.3, -0.25) is 9.69 Å². The highest BCUT2D eigenvalue weighted by atomic mass is 32.2. The van der Waals surface area contributed by atoms with Crippen molar-refractivity contribution in [2.45, 2.75) is 83.6 Å². The Morgan fingerprint density at radius 2 is 1.67 bits per heavy atom. The number of aliphatic imine (C=N–C) groups is 2. The van der Waals surface area contributed by atoms with Gasteiger partial charge in [0.2, 0.25) is 5.91 Å². The standard InChI is InChI=1S/C45H45F3N6O4S2/c1-28(2)26-59-42(51-43-54(41(56)44(60-43)21-22-44)38-23-30(5)11-20-36(38)29(3)4)50-37(40(55)57-25-32-9-7-6-8-10-32)24-31-12-14-33(15-13-31)39-49-27-53(52-39)34-16-18-35(19-17-34)58-45(46,47)48/h6-20,23,27-29,37H,21-22,24-26H2,1-5H3/b50-42?,51-43-. The molecular weight excluding hydrogens is 810 g/mol. The number of hydrogen-bond acceptors (Lipinski definition) is 9. The fraction of sp³-hybridized carbons (Fsp3) is 0.333. The summed E-state index contributed by atoms with van der Waals surface area (Å²) in [6.07, 6.45) is -1.57. The highest BCUT2D eigenvalue weighted by Crippen LogP contribution is 2.56. The van der Waals surface area contributed by atoms with Crippen molar-refractivity contribution in [1.29, 1.82) is 0 Å². The molecule has 1 atom stereocenters. The van der Waals surface area contributed by atoms with Crippen molar-refractivity contribution in [2.24, 2.45) is 15.9 Å². The molecule has 0 radical (unpaired) electrons. The van der Waals surface area contributed by atoms with Crippen LogP contribution in [0.1, 0.15) is 68.7 Å². The van der Waals surface area contributed by atoms with Crippen molar-refractivity contribution in [3.8, 4) is 22.8 Å². The normalized spacial score (nSPS) is 16.3. The number of halogens is 3. The molecule has 2 heterocycles. The molecule has 1 saturated carbocycles. The molecule has 7 rings (SSSR count). The summed E-state index contributed by atoms with van der Waals surface area (Å²) >= 11 is 2.93. The quantitative estimate of drug-likeness (QED) is 0.0654. The predicted octanol–water partition coefficient (Wildman–Crippen LogP) is 10.3. The van der Waals surface area contributed by atoms with Crippen LogP contribution in [0.2, 0.25) is 0 Å². The zero-order valence-corrected chi connectivity index (χ0v) is 35.5. The summed E-state index contributed by atoms with van der Waals surface area (Å²) in [5, 5.41) is 5.47. The third-order valence-corrected chi connectivity index (χ3v) is 12.5. The first-order chi connectivity index (χ1) is 28.7. The van der Waals surface area contributed by atoms with Crippen molar-refractivity contribution < 1.29 is 32.2 Å². The zero-order chi connectivity index (χ0) is 42.6. The van der Waals surface area contributed by atoms with Crippen LogP contribution in [0.5, 0.6) is 5.75 Å². The summed E-state index contributed by atoms with van der Waals surface area (Å²) < 4.78 is 48.6. The fourth-order valence-electron chi connectivity index (χ4n) is 6.50. The van der Waals surface area contributed by atoms with Gasteiger partial charge in [0, 0.05) is 17.7 Å². The molecule has 1 saturated heterocycles. The Balaban J connectivity index is 1.19. The summed E-state index contributed by atoms with van der Waals surface area (Å²) in [7, 11) is 0. The first kappa shape index (κ1) is 42.7. The van der Waals surface area contributed by atoms with Crippen LogP contribution in [-0.4, -0.2) is 59.9 Å². The van der Waals surface area contributed by atoms with E-state index in [9.17, 15) is 22.8 Å². The Kier molecular flexibility index (Phi) is 12.9. The van der Waals surface area contributed by atoms with Gasteiger partial charge in [-0.15, -0.1) is 18.3 Å². The fourth-order valence-corrected chi connectivity index (χ4v) is 8.63. The molecule has 0 bridgehead atoms. The van der Waals surface area contributed by atoms with E-state index in [0.29, 0.717) is 39.1 Å². The molecule has 312 valence electrons. The molecule has 2 aliphatic rings. The number of esters is 1. The second kappa shape index (κ2) is 18.1. The molecule has 1 unspecified atom stereocenters. The lowest BCUT2D eigenvalue weighted by molar-refractivity contribution is -0.274. The van der Waals surface area contributed by atoms with E-state index in [4.69, 9.17) is 14.7 Å². The number of aromatic nitrogens is 3. The van der Waals surface area contributed by atoms with E-state index < -0.39 is 23.1 Å². The number of carbonyl (C=O) groups is 2. The van der Waals surface area contributed by atoms with Crippen molar-refractivity contribution in [1.82, 2.24) is 14.8 Å². The van der Waals surface area contributed by atoms with Crippen LogP contribution in [0, 0.1) is 12.8 Å². The predicted molar refractivity (Wildman–Crippen MR) is 232 cm³/mol. The number of hydrogen-bond donors (Lipinski definition) is 0. The zero-order valence-electron chi connectivity index (χ0n) is 33.8. The summed E-state index contributed by atoms with van der Waals surface area (Å²) in [6, 6.07) is 27.4. The molecule has 2 fully saturated rings. The lowest BCUT2D eigenvalue weighted by Crippen LogP contribution is -2.34. The average Bonchev–Trinajstić information content (AvgIpc) is 3.73. The Bertz CT molecular complexity index is 2380. The maximum atomic E-state index is 14.1. The van der Waals surface area contributed by atoms with Crippen LogP contribution in [0.25, 0.3) is 17.1 Å². The Morgan fingerprint density at radius 1 is 0.950 bits per heavy atom. The topological polar surface area (TPSA) is 111 Å². The lowest BCUT2D eigenvalue weighted by Gasteiger charge is -2.23. The third kappa shape index (κ3) is 10.5. The number of anilines is 1. The van der Waals surface area contributed by atoms with Gasteiger partial charge in [0.25, 0.3) is 0 Å². The summed E-state index contributed by atoms with van der Waals surface area (Å²) in [6.45, 7) is 10.5. The molecule has 15 heteroatoms. The van der Waals surface area contributed by atoms with E-state index >= 15 is 0 Å². The molecular formula is C45H45F3N6O4S2. The van der Waals surface area contributed by atoms with Crippen LogP contribution in [-0.2, 0) is 27.4 Å². The molecule has 1 aromatic heterocycles. The van der Waals surface area contributed by atoms with E-state index in [0.717, 1.165) is 40.8 Å². The Morgan fingerprint density at radius 3 is 2.32 bits per heavy atom. The summed E-state index contributed by atoms with van der Waals surface area (Å²) in [5.74, 6) is 0.728. The molecule has 1 aliphatic heterocycles. The number of ether oxygens (including phenoxy) is 2. The molecule has 5 aromatic rings. The number of benzene rings is 4. The van der Waals surface area contributed by atoms with Crippen molar-refractivity contribution in [3.05, 3.63) is 126 Å². The van der Waals surface area contributed by atoms with Gasteiger partial charge in [0.1, 0.15) is 23.4 Å². The van der Waals surface area contributed by atoms with Crippen molar-refractivity contribution in [2.75, 3.05) is 10.7 Å². The van der Waals surface area contributed by atoms with E-state index in [1.807, 2.05) is 67.6 Å². The van der Waals surface area contributed by atoms with Gasteiger partial charge < -0.3 is 9.47 Å². The van der Waals surface area contributed by atoms with Gasteiger partial charge in [-0.05, 0) is 84.2 Å². The van der Waals surface area contributed by atoms with Crippen LogP contribution >= 0.6 is 23.5 Å². The van der Waals surface area contributed by atoms with Gasteiger partial charge in [-0.1, -0.05) is 118 Å².